The van der Waals surface area contributed by atoms with Crippen LogP contribution in [-0.4, -0.2) is 35.2 Å². The first-order valence-corrected chi connectivity index (χ1v) is 6.98. The number of hydrogen-bond donors (Lipinski definition) is 2. The van der Waals surface area contributed by atoms with Crippen molar-refractivity contribution in [3.05, 3.63) is 17.9 Å². The first-order valence-electron chi connectivity index (χ1n) is 5.49. The Hall–Kier alpha value is -1.38. The zero-order chi connectivity index (χ0) is 14.6. The summed E-state index contributed by atoms with van der Waals surface area (Å²) in [5.41, 5.74) is 5.33. The van der Waals surface area contributed by atoms with Gasteiger partial charge in [0.15, 0.2) is 11.5 Å². The van der Waals surface area contributed by atoms with Crippen molar-refractivity contribution in [2.75, 3.05) is 20.8 Å². The van der Waals surface area contributed by atoms with E-state index in [-0.39, 0.29) is 18.0 Å². The highest BCUT2D eigenvalue weighted by Crippen LogP contribution is 2.31. The van der Waals surface area contributed by atoms with E-state index >= 15 is 0 Å². The summed E-state index contributed by atoms with van der Waals surface area (Å²) < 4.78 is 49.9. The van der Waals surface area contributed by atoms with E-state index in [1.165, 1.54) is 14.2 Å². The molecule has 0 saturated heterocycles. The molecule has 0 amide bonds. The van der Waals surface area contributed by atoms with E-state index < -0.39 is 26.8 Å². The van der Waals surface area contributed by atoms with Crippen molar-refractivity contribution < 1.29 is 22.3 Å². The molecule has 0 radical (unpaired) electrons. The van der Waals surface area contributed by atoms with E-state index in [0.29, 0.717) is 0 Å². The van der Waals surface area contributed by atoms with E-state index in [4.69, 9.17) is 15.2 Å². The number of nitrogens with two attached hydrogens (primary N) is 1. The molecule has 0 aliphatic rings. The van der Waals surface area contributed by atoms with E-state index in [1.54, 1.807) is 6.92 Å². The Morgan fingerprint density at radius 2 is 1.84 bits per heavy atom. The van der Waals surface area contributed by atoms with Crippen LogP contribution in [0, 0.1) is 5.82 Å². The van der Waals surface area contributed by atoms with Crippen LogP contribution in [-0.2, 0) is 10.0 Å². The van der Waals surface area contributed by atoms with Crippen molar-refractivity contribution in [1.82, 2.24) is 4.72 Å². The third-order valence-corrected chi connectivity index (χ3v) is 4.04. The first-order chi connectivity index (χ1) is 8.85. The molecule has 6 nitrogen and oxygen atoms in total. The van der Waals surface area contributed by atoms with Crippen LogP contribution in [0.5, 0.6) is 11.5 Å². The number of benzene rings is 1. The third-order valence-electron chi connectivity index (χ3n) is 2.44. The highest BCUT2D eigenvalue weighted by atomic mass is 32.2. The standard InChI is InChI=1S/C11H17FN2O4S/c1-7(6-13)14-19(15,16)11-5-10(18-3)9(17-2)4-8(11)12/h4-5,7,14H,6,13H2,1-3H3. The smallest absolute Gasteiger partial charge is 0.243 e. The van der Waals surface area contributed by atoms with Crippen LogP contribution in [0.25, 0.3) is 0 Å². The van der Waals surface area contributed by atoms with Gasteiger partial charge in [-0.25, -0.2) is 17.5 Å². The Labute approximate surface area is 111 Å². The van der Waals surface area contributed by atoms with Crippen molar-refractivity contribution in [2.45, 2.75) is 17.9 Å². The minimum absolute atomic E-state index is 0.105. The summed E-state index contributed by atoms with van der Waals surface area (Å²) in [6.07, 6.45) is 0. The number of sulfonamides is 1. The molecule has 3 N–H and O–H groups in total. The lowest BCUT2D eigenvalue weighted by Crippen LogP contribution is -2.38. The van der Waals surface area contributed by atoms with E-state index in [0.717, 1.165) is 12.1 Å². The number of ether oxygens (including phenoxy) is 2. The molecule has 19 heavy (non-hydrogen) atoms. The van der Waals surface area contributed by atoms with Gasteiger partial charge in [0.1, 0.15) is 10.7 Å². The molecular weight excluding hydrogens is 275 g/mol. The predicted molar refractivity (Wildman–Crippen MR) is 68.3 cm³/mol. The molecule has 0 aromatic heterocycles. The monoisotopic (exact) mass is 292 g/mol. The van der Waals surface area contributed by atoms with Gasteiger partial charge in [-0.05, 0) is 6.92 Å². The van der Waals surface area contributed by atoms with E-state index in [2.05, 4.69) is 4.72 Å². The summed E-state index contributed by atoms with van der Waals surface area (Å²) in [4.78, 5) is -0.509. The Balaban J connectivity index is 3.27. The fraction of sp³-hybridized carbons (Fsp3) is 0.455. The molecule has 0 fully saturated rings. The molecule has 1 rings (SSSR count). The molecule has 0 saturated carbocycles. The topological polar surface area (TPSA) is 90.7 Å². The van der Waals surface area contributed by atoms with Gasteiger partial charge < -0.3 is 15.2 Å². The minimum Gasteiger partial charge on any atom is -0.493 e. The van der Waals surface area contributed by atoms with Gasteiger partial charge in [0.25, 0.3) is 0 Å². The maximum atomic E-state index is 13.8. The maximum Gasteiger partial charge on any atom is 0.243 e. The van der Waals surface area contributed by atoms with Crippen LogP contribution in [0.1, 0.15) is 6.92 Å². The fourth-order valence-electron chi connectivity index (χ4n) is 1.42. The SMILES string of the molecule is COc1cc(F)c(S(=O)(=O)NC(C)CN)cc1OC. The fourth-order valence-corrected chi connectivity index (χ4v) is 2.75. The van der Waals surface area contributed by atoms with Crippen LogP contribution in [0.4, 0.5) is 4.39 Å². The highest BCUT2D eigenvalue weighted by Gasteiger charge is 2.23. The van der Waals surface area contributed by atoms with Crippen molar-refractivity contribution >= 4 is 10.0 Å². The molecule has 0 bridgehead atoms. The summed E-state index contributed by atoms with van der Waals surface area (Å²) in [6, 6.07) is 1.53. The molecule has 1 aromatic rings. The second-order valence-electron chi connectivity index (χ2n) is 3.90. The van der Waals surface area contributed by atoms with E-state index in [1.807, 2.05) is 0 Å². The molecule has 1 unspecified atom stereocenters. The van der Waals surface area contributed by atoms with Gasteiger partial charge in [-0.1, -0.05) is 0 Å². The van der Waals surface area contributed by atoms with Gasteiger partial charge in [-0.3, -0.25) is 0 Å². The van der Waals surface area contributed by atoms with E-state index in [9.17, 15) is 12.8 Å². The molecule has 1 aromatic carbocycles. The molecular formula is C11H17FN2O4S. The van der Waals surface area contributed by atoms with Crippen LogP contribution in [0.2, 0.25) is 0 Å². The molecule has 0 aliphatic heterocycles. The van der Waals surface area contributed by atoms with Crippen LogP contribution < -0.4 is 19.9 Å². The second-order valence-corrected chi connectivity index (χ2v) is 5.58. The average molecular weight is 292 g/mol. The summed E-state index contributed by atoms with van der Waals surface area (Å²) in [5, 5.41) is 0. The van der Waals surface area contributed by atoms with Crippen LogP contribution in [0.3, 0.4) is 0 Å². The van der Waals surface area contributed by atoms with Crippen molar-refractivity contribution in [3.8, 4) is 11.5 Å². The normalized spacial score (nSPS) is 13.1. The Morgan fingerprint density at radius 3 is 2.32 bits per heavy atom. The largest absolute Gasteiger partial charge is 0.493 e. The number of halogens is 1. The molecule has 108 valence electrons. The zero-order valence-electron chi connectivity index (χ0n) is 10.9. The van der Waals surface area contributed by atoms with Gasteiger partial charge in [0.2, 0.25) is 10.0 Å². The quantitative estimate of drug-likeness (QED) is 0.795. The number of methoxy groups -OCH3 is 2. The lowest BCUT2D eigenvalue weighted by molar-refractivity contribution is 0.350. The Kier molecular flexibility index (Phi) is 5.10. The number of hydrogen-bond acceptors (Lipinski definition) is 5. The van der Waals surface area contributed by atoms with Crippen molar-refractivity contribution in [3.63, 3.8) is 0 Å². The van der Waals surface area contributed by atoms with Gasteiger partial charge in [0.05, 0.1) is 14.2 Å². The summed E-state index contributed by atoms with van der Waals surface area (Å²) in [5.74, 6) is -0.676. The van der Waals surface area contributed by atoms with Gasteiger partial charge in [-0.15, -0.1) is 0 Å². The molecule has 0 heterocycles. The third kappa shape index (κ3) is 3.55. The number of nitrogens with one attached hydrogen (secondary N) is 1. The first kappa shape index (κ1) is 15.7. The Bertz CT molecular complexity index is 548. The van der Waals surface area contributed by atoms with Crippen molar-refractivity contribution in [1.29, 1.82) is 0 Å². The predicted octanol–water partition coefficient (Wildman–Crippen LogP) is 0.468. The average Bonchev–Trinajstić information content (AvgIpc) is 2.37. The van der Waals surface area contributed by atoms with Gasteiger partial charge in [-0.2, -0.15) is 0 Å². The zero-order valence-corrected chi connectivity index (χ0v) is 11.8. The second kappa shape index (κ2) is 6.18. The van der Waals surface area contributed by atoms with Gasteiger partial charge in [0, 0.05) is 24.7 Å². The van der Waals surface area contributed by atoms with Crippen LogP contribution in [0.15, 0.2) is 17.0 Å². The highest BCUT2D eigenvalue weighted by molar-refractivity contribution is 7.89. The lowest BCUT2D eigenvalue weighted by atomic mass is 10.3. The number of rotatable bonds is 6. The minimum atomic E-state index is -4.00. The molecule has 8 heteroatoms. The van der Waals surface area contributed by atoms with Crippen molar-refractivity contribution in [2.24, 2.45) is 5.73 Å². The molecule has 0 aliphatic carbocycles. The lowest BCUT2D eigenvalue weighted by Gasteiger charge is -2.14. The maximum absolute atomic E-state index is 13.8. The summed E-state index contributed by atoms with van der Waals surface area (Å²) in [7, 11) is -1.33. The molecule has 0 spiro atoms. The summed E-state index contributed by atoms with van der Waals surface area (Å²) >= 11 is 0. The Morgan fingerprint density at radius 1 is 1.32 bits per heavy atom. The molecule has 1 atom stereocenters. The van der Waals surface area contributed by atoms with Crippen LogP contribution >= 0.6 is 0 Å². The summed E-state index contributed by atoms with van der Waals surface area (Å²) in [6.45, 7) is 1.68. The van der Waals surface area contributed by atoms with Gasteiger partial charge >= 0.3 is 0 Å².